The molecule has 0 atom stereocenters. The number of rotatable bonds is 9. The lowest BCUT2D eigenvalue weighted by molar-refractivity contribution is 0.0954. The first-order valence-electron chi connectivity index (χ1n) is 10.2. The maximum atomic E-state index is 13.7. The number of hydrogen-bond donors (Lipinski definition) is 2. The van der Waals surface area contributed by atoms with Gasteiger partial charge >= 0.3 is 0 Å². The van der Waals surface area contributed by atoms with Crippen LogP contribution in [0.4, 0.5) is 10.1 Å². The molecule has 1 amide bonds. The van der Waals surface area contributed by atoms with E-state index in [1.165, 1.54) is 48.5 Å². The number of anilines is 1. The van der Waals surface area contributed by atoms with Crippen molar-refractivity contribution in [1.82, 2.24) is 5.32 Å². The van der Waals surface area contributed by atoms with Gasteiger partial charge in [0.25, 0.3) is 15.9 Å². The molecule has 0 bridgehead atoms. The summed E-state index contributed by atoms with van der Waals surface area (Å²) in [7, 11) is -3.97. The van der Waals surface area contributed by atoms with Crippen LogP contribution in [0.15, 0.2) is 77.7 Å². The van der Waals surface area contributed by atoms with Gasteiger partial charge in [0.2, 0.25) is 0 Å². The number of halogens is 1. The number of para-hydroxylation sites is 1. The number of sulfonamides is 1. The van der Waals surface area contributed by atoms with Gasteiger partial charge in [-0.3, -0.25) is 9.52 Å². The lowest BCUT2D eigenvalue weighted by Crippen LogP contribution is -2.25. The van der Waals surface area contributed by atoms with Crippen molar-refractivity contribution in [1.29, 1.82) is 0 Å². The molecular formula is C24H25FN2O4S. The molecule has 8 heteroatoms. The molecule has 6 nitrogen and oxygen atoms in total. The second kappa shape index (κ2) is 10.3. The van der Waals surface area contributed by atoms with Crippen molar-refractivity contribution >= 4 is 21.6 Å². The molecule has 0 spiro atoms. The van der Waals surface area contributed by atoms with Gasteiger partial charge < -0.3 is 10.1 Å². The zero-order chi connectivity index (χ0) is 23.1. The Balaban J connectivity index is 1.55. The van der Waals surface area contributed by atoms with Gasteiger partial charge in [0, 0.05) is 12.1 Å². The molecule has 0 unspecified atom stereocenters. The van der Waals surface area contributed by atoms with E-state index in [4.69, 9.17) is 4.74 Å². The van der Waals surface area contributed by atoms with Crippen LogP contribution in [0.5, 0.6) is 5.75 Å². The van der Waals surface area contributed by atoms with Crippen LogP contribution in [0.1, 0.15) is 29.8 Å². The van der Waals surface area contributed by atoms with Crippen molar-refractivity contribution in [3.8, 4) is 5.75 Å². The van der Waals surface area contributed by atoms with Crippen molar-refractivity contribution < 1.29 is 22.3 Å². The summed E-state index contributed by atoms with van der Waals surface area (Å²) in [5.74, 6) is -0.183. The number of ether oxygens (including phenoxy) is 1. The SMILES string of the molecule is CC(C)Oc1ccc(CCNC(=O)c2ccc(S(=O)(=O)Nc3ccccc3F)cc2)cc1. The Labute approximate surface area is 187 Å². The molecule has 0 aliphatic carbocycles. The van der Waals surface area contributed by atoms with E-state index in [2.05, 4.69) is 10.0 Å². The van der Waals surface area contributed by atoms with E-state index in [1.54, 1.807) is 0 Å². The Kier molecular flexibility index (Phi) is 7.48. The third-order valence-corrected chi connectivity index (χ3v) is 5.92. The fourth-order valence-electron chi connectivity index (χ4n) is 2.96. The Bertz CT molecular complexity index is 1160. The van der Waals surface area contributed by atoms with E-state index >= 15 is 0 Å². The lowest BCUT2D eigenvalue weighted by Gasteiger charge is -2.11. The molecule has 2 N–H and O–H groups in total. The van der Waals surface area contributed by atoms with E-state index in [1.807, 2.05) is 38.1 Å². The van der Waals surface area contributed by atoms with Crippen LogP contribution in [0.25, 0.3) is 0 Å². The molecular weight excluding hydrogens is 431 g/mol. The molecule has 0 aromatic heterocycles. The van der Waals surface area contributed by atoms with E-state index in [9.17, 15) is 17.6 Å². The summed E-state index contributed by atoms with van der Waals surface area (Å²) in [6.45, 7) is 4.36. The third kappa shape index (κ3) is 6.31. The van der Waals surface area contributed by atoms with Crippen molar-refractivity contribution in [2.45, 2.75) is 31.3 Å². The van der Waals surface area contributed by atoms with Crippen LogP contribution < -0.4 is 14.8 Å². The molecule has 0 heterocycles. The zero-order valence-electron chi connectivity index (χ0n) is 17.8. The van der Waals surface area contributed by atoms with Gasteiger partial charge in [-0.2, -0.15) is 0 Å². The molecule has 0 saturated heterocycles. The molecule has 3 rings (SSSR count). The van der Waals surface area contributed by atoms with Gasteiger partial charge in [0.1, 0.15) is 11.6 Å². The van der Waals surface area contributed by atoms with E-state index in [0.717, 1.165) is 11.3 Å². The Morgan fingerprint density at radius 2 is 1.62 bits per heavy atom. The topological polar surface area (TPSA) is 84.5 Å². The molecule has 3 aromatic carbocycles. The van der Waals surface area contributed by atoms with Crippen molar-refractivity contribution in [3.05, 3.63) is 89.7 Å². The molecule has 0 aliphatic rings. The molecule has 0 radical (unpaired) electrons. The molecule has 0 aliphatic heterocycles. The highest BCUT2D eigenvalue weighted by Gasteiger charge is 2.17. The largest absolute Gasteiger partial charge is 0.491 e. The third-order valence-electron chi connectivity index (χ3n) is 4.54. The van der Waals surface area contributed by atoms with Gasteiger partial charge in [-0.15, -0.1) is 0 Å². The van der Waals surface area contributed by atoms with Crippen LogP contribution in [0.2, 0.25) is 0 Å². The summed E-state index contributed by atoms with van der Waals surface area (Å²) < 4.78 is 46.5. The number of hydrogen-bond acceptors (Lipinski definition) is 4. The zero-order valence-corrected chi connectivity index (χ0v) is 18.7. The first-order valence-corrected chi connectivity index (χ1v) is 11.6. The minimum atomic E-state index is -3.97. The summed E-state index contributed by atoms with van der Waals surface area (Å²) in [4.78, 5) is 12.3. The maximum absolute atomic E-state index is 13.7. The fourth-order valence-corrected chi connectivity index (χ4v) is 4.03. The number of nitrogens with one attached hydrogen (secondary N) is 2. The summed E-state index contributed by atoms with van der Waals surface area (Å²) in [5, 5.41) is 2.81. The van der Waals surface area contributed by atoms with E-state index < -0.39 is 15.8 Å². The quantitative estimate of drug-likeness (QED) is 0.500. The minimum absolute atomic E-state index is 0.0685. The molecule has 3 aromatic rings. The summed E-state index contributed by atoms with van der Waals surface area (Å²) >= 11 is 0. The van der Waals surface area contributed by atoms with Gasteiger partial charge in [0.05, 0.1) is 16.7 Å². The van der Waals surface area contributed by atoms with Crippen LogP contribution >= 0.6 is 0 Å². The van der Waals surface area contributed by atoms with Crippen LogP contribution in [0.3, 0.4) is 0 Å². The smallest absolute Gasteiger partial charge is 0.261 e. The second-order valence-electron chi connectivity index (χ2n) is 7.43. The molecule has 0 fully saturated rings. The number of carbonyl (C=O) groups excluding carboxylic acids is 1. The van der Waals surface area contributed by atoms with Gasteiger partial charge in [0.15, 0.2) is 0 Å². The van der Waals surface area contributed by atoms with Gasteiger partial charge in [-0.05, 0) is 74.4 Å². The highest BCUT2D eigenvalue weighted by molar-refractivity contribution is 7.92. The van der Waals surface area contributed by atoms with Crippen molar-refractivity contribution in [2.24, 2.45) is 0 Å². The maximum Gasteiger partial charge on any atom is 0.261 e. The normalized spacial score (nSPS) is 11.2. The number of carbonyl (C=O) groups is 1. The van der Waals surface area contributed by atoms with Gasteiger partial charge in [-0.1, -0.05) is 24.3 Å². The van der Waals surface area contributed by atoms with Gasteiger partial charge in [-0.25, -0.2) is 12.8 Å². The predicted octanol–water partition coefficient (Wildman–Crippen LogP) is 4.39. The minimum Gasteiger partial charge on any atom is -0.491 e. The summed E-state index contributed by atoms with van der Waals surface area (Å²) in [6.07, 6.45) is 0.754. The number of amides is 1. The fraction of sp³-hybridized carbons (Fsp3) is 0.208. The van der Waals surface area contributed by atoms with Crippen LogP contribution in [-0.2, 0) is 16.4 Å². The Hall–Kier alpha value is -3.39. The predicted molar refractivity (Wildman–Crippen MR) is 122 cm³/mol. The highest BCUT2D eigenvalue weighted by atomic mass is 32.2. The second-order valence-corrected chi connectivity index (χ2v) is 9.11. The average molecular weight is 457 g/mol. The lowest BCUT2D eigenvalue weighted by atomic mass is 10.1. The van der Waals surface area contributed by atoms with E-state index in [-0.39, 0.29) is 22.6 Å². The Morgan fingerprint density at radius 1 is 0.969 bits per heavy atom. The van der Waals surface area contributed by atoms with Crippen LogP contribution in [-0.4, -0.2) is 27.0 Å². The highest BCUT2D eigenvalue weighted by Crippen LogP contribution is 2.19. The molecule has 168 valence electrons. The molecule has 0 saturated carbocycles. The van der Waals surface area contributed by atoms with Crippen LogP contribution in [0, 0.1) is 5.82 Å². The van der Waals surface area contributed by atoms with E-state index in [0.29, 0.717) is 18.5 Å². The Morgan fingerprint density at radius 3 is 2.25 bits per heavy atom. The average Bonchev–Trinajstić information content (AvgIpc) is 2.76. The molecule has 32 heavy (non-hydrogen) atoms. The first kappa shape index (κ1) is 23.3. The van der Waals surface area contributed by atoms with Crippen molar-refractivity contribution in [3.63, 3.8) is 0 Å². The first-order chi connectivity index (χ1) is 15.2. The summed E-state index contributed by atoms with van der Waals surface area (Å²) in [6, 6.07) is 18.6. The number of benzene rings is 3. The standard InChI is InChI=1S/C24H25FN2O4S/c1-17(2)31-20-11-7-18(8-12-20)15-16-26-24(28)19-9-13-21(14-10-19)32(29,30)27-23-6-4-3-5-22(23)25/h3-14,17,27H,15-16H2,1-2H3,(H,26,28). The monoisotopic (exact) mass is 456 g/mol. The van der Waals surface area contributed by atoms with Crippen molar-refractivity contribution in [2.75, 3.05) is 11.3 Å². The summed E-state index contributed by atoms with van der Waals surface area (Å²) in [5.41, 5.74) is 1.25.